The second-order valence-electron chi connectivity index (χ2n) is 7.55. The van der Waals surface area contributed by atoms with Gasteiger partial charge in [-0.2, -0.15) is 0 Å². The van der Waals surface area contributed by atoms with Crippen molar-refractivity contribution in [3.8, 4) is 33.9 Å². The first-order valence-corrected chi connectivity index (χ1v) is 10.0. The summed E-state index contributed by atoms with van der Waals surface area (Å²) in [6, 6.07) is 25.1. The molecule has 136 valence electrons. The molecule has 1 aromatic heterocycles. The van der Waals surface area contributed by atoms with E-state index in [1.165, 1.54) is 22.3 Å². The molecule has 4 aromatic rings. The summed E-state index contributed by atoms with van der Waals surface area (Å²) >= 11 is 3.45. The van der Waals surface area contributed by atoms with E-state index < -0.39 is 0 Å². The molecule has 28 heavy (non-hydrogen) atoms. The lowest BCUT2D eigenvalue weighted by molar-refractivity contribution is 0.660. The van der Waals surface area contributed by atoms with Crippen molar-refractivity contribution in [2.24, 2.45) is 0 Å². The van der Waals surface area contributed by atoms with Crippen LogP contribution in [0.15, 0.2) is 77.5 Å². The smallest absolute Gasteiger partial charge is 0.200 e. The van der Waals surface area contributed by atoms with Gasteiger partial charge in [-0.3, -0.25) is 0 Å². The quantitative estimate of drug-likeness (QED) is 0.378. The zero-order chi connectivity index (χ0) is 19.3. The van der Waals surface area contributed by atoms with E-state index in [2.05, 4.69) is 82.2 Å². The molecule has 0 aliphatic heterocycles. The van der Waals surface area contributed by atoms with E-state index in [0.29, 0.717) is 16.4 Å². The Balaban J connectivity index is 1.67. The molecule has 1 heterocycles. The Hall–Kier alpha value is -2.85. The molecule has 0 spiro atoms. The highest BCUT2D eigenvalue weighted by Gasteiger charge is 2.35. The number of aromatic nitrogens is 3. The summed E-state index contributed by atoms with van der Waals surface area (Å²) in [5, 5.41) is 0. The van der Waals surface area contributed by atoms with Gasteiger partial charge in [0.25, 0.3) is 0 Å². The maximum absolute atomic E-state index is 4.74. The number of hydrogen-bond donors (Lipinski definition) is 0. The predicted molar refractivity (Wildman–Crippen MR) is 116 cm³/mol. The van der Waals surface area contributed by atoms with E-state index >= 15 is 0 Å². The zero-order valence-corrected chi connectivity index (χ0v) is 17.2. The van der Waals surface area contributed by atoms with Crippen molar-refractivity contribution in [3.05, 3.63) is 88.7 Å². The Morgan fingerprint density at radius 2 is 1.29 bits per heavy atom. The van der Waals surface area contributed by atoms with Gasteiger partial charge >= 0.3 is 0 Å². The van der Waals surface area contributed by atoms with Crippen LogP contribution in [0.4, 0.5) is 0 Å². The minimum atomic E-state index is -0.000655. The topological polar surface area (TPSA) is 38.7 Å². The fourth-order valence-electron chi connectivity index (χ4n) is 4.05. The number of nitrogens with zero attached hydrogens (tertiary/aromatic N) is 3. The Kier molecular flexibility index (Phi) is 3.91. The average Bonchev–Trinajstić information content (AvgIpc) is 2.95. The van der Waals surface area contributed by atoms with E-state index in [1.54, 1.807) is 0 Å². The van der Waals surface area contributed by atoms with Crippen LogP contribution in [0.5, 0.6) is 0 Å². The number of hydrogen-bond acceptors (Lipinski definition) is 3. The summed E-state index contributed by atoms with van der Waals surface area (Å²) in [4.78, 5) is 13.7. The molecule has 3 aromatic carbocycles. The maximum atomic E-state index is 4.74. The van der Waals surface area contributed by atoms with Crippen LogP contribution >= 0.6 is 15.9 Å². The van der Waals surface area contributed by atoms with E-state index in [1.807, 2.05) is 30.3 Å². The van der Waals surface area contributed by atoms with E-state index in [4.69, 9.17) is 4.98 Å². The molecule has 0 atom stereocenters. The summed E-state index contributed by atoms with van der Waals surface area (Å²) in [5.41, 5.74) is 7.22. The molecule has 0 saturated carbocycles. The third-order valence-corrected chi connectivity index (χ3v) is 5.84. The summed E-state index contributed by atoms with van der Waals surface area (Å²) < 4.78 is 0.539. The molecular weight excluding hydrogens is 410 g/mol. The normalized spacial score (nSPS) is 13.8. The van der Waals surface area contributed by atoms with Crippen LogP contribution < -0.4 is 0 Å². The summed E-state index contributed by atoms with van der Waals surface area (Å²) in [6.45, 7) is 4.56. The summed E-state index contributed by atoms with van der Waals surface area (Å²) in [5.74, 6) is 1.34. The molecular formula is C24H18BrN3. The Labute approximate surface area is 172 Å². The Morgan fingerprint density at radius 1 is 0.643 bits per heavy atom. The lowest BCUT2D eigenvalue weighted by Gasteiger charge is -2.21. The molecule has 0 fully saturated rings. The van der Waals surface area contributed by atoms with Crippen molar-refractivity contribution in [1.82, 2.24) is 15.0 Å². The second kappa shape index (κ2) is 6.35. The van der Waals surface area contributed by atoms with Crippen molar-refractivity contribution in [2.45, 2.75) is 19.3 Å². The molecule has 4 heteroatoms. The molecule has 0 bridgehead atoms. The number of halogens is 1. The Morgan fingerprint density at radius 3 is 2.07 bits per heavy atom. The third kappa shape index (κ3) is 2.68. The SMILES string of the molecule is CC1(C)c2ccccc2-c2cc(-c3nc(Br)nc(-c4ccccc4)n3)ccc21. The van der Waals surface area contributed by atoms with Gasteiger partial charge in [-0.05, 0) is 44.3 Å². The monoisotopic (exact) mass is 427 g/mol. The van der Waals surface area contributed by atoms with Crippen LogP contribution in [0.2, 0.25) is 0 Å². The zero-order valence-electron chi connectivity index (χ0n) is 15.6. The lowest BCUT2D eigenvalue weighted by Crippen LogP contribution is -2.14. The van der Waals surface area contributed by atoms with E-state index in [9.17, 15) is 0 Å². The minimum Gasteiger partial charge on any atom is -0.208 e. The van der Waals surface area contributed by atoms with Gasteiger partial charge < -0.3 is 0 Å². The average molecular weight is 428 g/mol. The van der Waals surface area contributed by atoms with Gasteiger partial charge in [0.2, 0.25) is 4.73 Å². The molecule has 5 rings (SSSR count). The van der Waals surface area contributed by atoms with Gasteiger partial charge in [-0.25, -0.2) is 15.0 Å². The molecule has 1 aliphatic rings. The molecule has 1 aliphatic carbocycles. The van der Waals surface area contributed by atoms with Crippen LogP contribution in [0.25, 0.3) is 33.9 Å². The fourth-order valence-corrected chi connectivity index (χ4v) is 4.39. The molecule has 0 N–H and O–H groups in total. The van der Waals surface area contributed by atoms with Gasteiger partial charge in [0, 0.05) is 16.5 Å². The van der Waals surface area contributed by atoms with E-state index in [0.717, 1.165) is 11.1 Å². The molecule has 0 unspecified atom stereocenters. The van der Waals surface area contributed by atoms with Crippen molar-refractivity contribution < 1.29 is 0 Å². The first-order chi connectivity index (χ1) is 13.5. The highest BCUT2D eigenvalue weighted by atomic mass is 79.9. The van der Waals surface area contributed by atoms with Gasteiger partial charge in [-0.15, -0.1) is 0 Å². The highest BCUT2D eigenvalue weighted by molar-refractivity contribution is 9.10. The molecule has 0 saturated heterocycles. The first kappa shape index (κ1) is 17.3. The summed E-state index contributed by atoms with van der Waals surface area (Å²) in [7, 11) is 0. The number of rotatable bonds is 2. The second-order valence-corrected chi connectivity index (χ2v) is 8.26. The first-order valence-electron chi connectivity index (χ1n) is 9.26. The van der Waals surface area contributed by atoms with E-state index in [-0.39, 0.29) is 5.41 Å². The predicted octanol–water partition coefficient (Wildman–Crippen LogP) is 6.27. The summed E-state index contributed by atoms with van der Waals surface area (Å²) in [6.07, 6.45) is 0. The van der Waals surface area contributed by atoms with Crippen molar-refractivity contribution in [1.29, 1.82) is 0 Å². The van der Waals surface area contributed by atoms with Gasteiger partial charge in [-0.1, -0.05) is 80.6 Å². The largest absolute Gasteiger partial charge is 0.208 e. The molecule has 0 radical (unpaired) electrons. The Bertz CT molecular complexity index is 1200. The van der Waals surface area contributed by atoms with Crippen LogP contribution in [-0.4, -0.2) is 15.0 Å². The minimum absolute atomic E-state index is 0.000655. The third-order valence-electron chi connectivity index (χ3n) is 5.48. The maximum Gasteiger partial charge on any atom is 0.200 e. The van der Waals surface area contributed by atoms with Gasteiger partial charge in [0.05, 0.1) is 0 Å². The van der Waals surface area contributed by atoms with Gasteiger partial charge in [0.1, 0.15) is 0 Å². The van der Waals surface area contributed by atoms with Gasteiger partial charge in [0.15, 0.2) is 11.6 Å². The van der Waals surface area contributed by atoms with Crippen molar-refractivity contribution in [2.75, 3.05) is 0 Å². The standard InChI is InChI=1S/C24H18BrN3/c1-24(2)19-11-7-6-10-17(19)18-14-16(12-13-20(18)24)22-26-21(27-23(25)28-22)15-8-4-3-5-9-15/h3-14H,1-2H3. The molecule has 0 amide bonds. The van der Waals surface area contributed by atoms with Crippen molar-refractivity contribution >= 4 is 15.9 Å². The van der Waals surface area contributed by atoms with Crippen molar-refractivity contribution in [3.63, 3.8) is 0 Å². The number of fused-ring (bicyclic) bond motifs is 3. The van der Waals surface area contributed by atoms with Crippen LogP contribution in [0.3, 0.4) is 0 Å². The van der Waals surface area contributed by atoms with Crippen LogP contribution in [0, 0.1) is 0 Å². The number of benzene rings is 3. The fraction of sp³-hybridized carbons (Fsp3) is 0.125. The molecule has 3 nitrogen and oxygen atoms in total. The van der Waals surface area contributed by atoms with Crippen LogP contribution in [-0.2, 0) is 5.41 Å². The van der Waals surface area contributed by atoms with Crippen LogP contribution in [0.1, 0.15) is 25.0 Å². The lowest BCUT2D eigenvalue weighted by atomic mass is 9.82. The highest BCUT2D eigenvalue weighted by Crippen LogP contribution is 2.49.